The average Bonchev–Trinajstić information content (AvgIpc) is 2.85. The van der Waals surface area contributed by atoms with Crippen LogP contribution in [0.5, 0.6) is 0 Å². The van der Waals surface area contributed by atoms with Crippen molar-refractivity contribution in [3.8, 4) is 0 Å². The Kier molecular flexibility index (Phi) is 4.97. The van der Waals surface area contributed by atoms with Crippen LogP contribution < -0.4 is 0 Å². The van der Waals surface area contributed by atoms with Crippen LogP contribution in [-0.4, -0.2) is 25.5 Å². The molecule has 0 saturated carbocycles. The minimum Gasteiger partial charge on any atom is -0.309 e. The van der Waals surface area contributed by atoms with Crippen molar-refractivity contribution in [3.63, 3.8) is 0 Å². The second kappa shape index (κ2) is 7.14. The van der Waals surface area contributed by atoms with Crippen LogP contribution in [0, 0.1) is 5.92 Å². The van der Waals surface area contributed by atoms with Gasteiger partial charge in [0.05, 0.1) is 0 Å². The lowest BCUT2D eigenvalue weighted by Gasteiger charge is -2.19. The summed E-state index contributed by atoms with van der Waals surface area (Å²) in [6.07, 6.45) is 3.38. The summed E-state index contributed by atoms with van der Waals surface area (Å²) in [7, 11) is 4.33. The van der Waals surface area contributed by atoms with E-state index in [1.54, 1.807) is 11.1 Å². The second-order valence-corrected chi connectivity index (χ2v) is 7.15. The molecule has 0 N–H and O–H groups in total. The Bertz CT molecular complexity index is 682. The second-order valence-electron chi connectivity index (χ2n) is 7.15. The van der Waals surface area contributed by atoms with E-state index in [0.717, 1.165) is 19.4 Å². The Balaban J connectivity index is 1.87. The maximum Gasteiger partial charge on any atom is 0.000410 e. The largest absolute Gasteiger partial charge is 0.309 e. The zero-order valence-corrected chi connectivity index (χ0v) is 14.5. The molecular weight excluding hydrogens is 278 g/mol. The van der Waals surface area contributed by atoms with E-state index in [1.807, 2.05) is 0 Å². The predicted molar refractivity (Wildman–Crippen MR) is 99.5 cm³/mol. The van der Waals surface area contributed by atoms with Gasteiger partial charge in [-0.25, -0.2) is 0 Å². The SMILES string of the molecule is CC(CC1=C(Cc2ccccc2)Cc2ccccc21)CN(C)C. The highest BCUT2D eigenvalue weighted by atomic mass is 15.1. The van der Waals surface area contributed by atoms with Crippen molar-refractivity contribution in [2.24, 2.45) is 5.92 Å². The normalized spacial score (nSPS) is 15.1. The van der Waals surface area contributed by atoms with Crippen LogP contribution in [0.3, 0.4) is 0 Å². The molecule has 120 valence electrons. The molecule has 0 aromatic heterocycles. The first-order chi connectivity index (χ1) is 11.1. The Morgan fingerprint density at radius 2 is 1.65 bits per heavy atom. The molecule has 0 radical (unpaired) electrons. The Morgan fingerprint density at radius 1 is 0.957 bits per heavy atom. The van der Waals surface area contributed by atoms with Crippen LogP contribution in [0.1, 0.15) is 30.0 Å². The molecule has 1 heteroatoms. The van der Waals surface area contributed by atoms with E-state index < -0.39 is 0 Å². The van der Waals surface area contributed by atoms with Crippen molar-refractivity contribution >= 4 is 5.57 Å². The average molecular weight is 305 g/mol. The molecular formula is C22H27N. The quantitative estimate of drug-likeness (QED) is 0.739. The van der Waals surface area contributed by atoms with Crippen LogP contribution in [0.25, 0.3) is 5.57 Å². The molecule has 0 amide bonds. The third-order valence-electron chi connectivity index (χ3n) is 4.66. The Labute approximate surface area is 140 Å². The molecule has 0 bridgehead atoms. The Hall–Kier alpha value is -1.86. The van der Waals surface area contributed by atoms with Crippen molar-refractivity contribution < 1.29 is 0 Å². The van der Waals surface area contributed by atoms with E-state index >= 15 is 0 Å². The maximum atomic E-state index is 2.37. The highest BCUT2D eigenvalue weighted by Crippen LogP contribution is 2.38. The number of benzene rings is 2. The van der Waals surface area contributed by atoms with E-state index in [4.69, 9.17) is 0 Å². The predicted octanol–water partition coefficient (Wildman–Crippen LogP) is 4.83. The first-order valence-electron chi connectivity index (χ1n) is 8.61. The van der Waals surface area contributed by atoms with Crippen LogP contribution in [-0.2, 0) is 12.8 Å². The third-order valence-corrected chi connectivity index (χ3v) is 4.66. The summed E-state index contributed by atoms with van der Waals surface area (Å²) in [6.45, 7) is 3.51. The van der Waals surface area contributed by atoms with Gasteiger partial charge in [0, 0.05) is 6.54 Å². The van der Waals surface area contributed by atoms with Crippen LogP contribution >= 0.6 is 0 Å². The van der Waals surface area contributed by atoms with Gasteiger partial charge in [0.25, 0.3) is 0 Å². The molecule has 23 heavy (non-hydrogen) atoms. The minimum atomic E-state index is 0.678. The smallest absolute Gasteiger partial charge is 0.000410 e. The fourth-order valence-corrected chi connectivity index (χ4v) is 3.80. The topological polar surface area (TPSA) is 3.24 Å². The molecule has 1 aliphatic carbocycles. The van der Waals surface area contributed by atoms with Gasteiger partial charge in [-0.05, 0) is 61.5 Å². The summed E-state index contributed by atoms with van der Waals surface area (Å²) in [5, 5.41) is 0. The van der Waals surface area contributed by atoms with Gasteiger partial charge < -0.3 is 4.90 Å². The van der Waals surface area contributed by atoms with Crippen molar-refractivity contribution in [2.45, 2.75) is 26.2 Å². The number of hydrogen-bond donors (Lipinski definition) is 0. The van der Waals surface area contributed by atoms with Crippen LogP contribution in [0.15, 0.2) is 60.2 Å². The van der Waals surface area contributed by atoms with E-state index in [1.165, 1.54) is 23.1 Å². The van der Waals surface area contributed by atoms with E-state index in [0.29, 0.717) is 5.92 Å². The van der Waals surface area contributed by atoms with E-state index in [-0.39, 0.29) is 0 Å². The van der Waals surface area contributed by atoms with Crippen LogP contribution in [0.2, 0.25) is 0 Å². The molecule has 0 heterocycles. The molecule has 2 aromatic rings. The zero-order chi connectivity index (χ0) is 16.2. The van der Waals surface area contributed by atoms with E-state index in [2.05, 4.69) is 80.5 Å². The van der Waals surface area contributed by atoms with E-state index in [9.17, 15) is 0 Å². The first kappa shape index (κ1) is 16.0. The van der Waals surface area contributed by atoms with Gasteiger partial charge in [-0.1, -0.05) is 67.1 Å². The monoisotopic (exact) mass is 305 g/mol. The number of rotatable bonds is 6. The highest BCUT2D eigenvalue weighted by molar-refractivity contribution is 5.77. The lowest BCUT2D eigenvalue weighted by atomic mass is 9.92. The molecule has 1 nitrogen and oxygen atoms in total. The fourth-order valence-electron chi connectivity index (χ4n) is 3.80. The molecule has 1 unspecified atom stereocenters. The van der Waals surface area contributed by atoms with Gasteiger partial charge in [0.15, 0.2) is 0 Å². The summed E-state index contributed by atoms with van der Waals surface area (Å²) in [4.78, 5) is 2.29. The number of allylic oxidation sites excluding steroid dienone is 2. The van der Waals surface area contributed by atoms with Gasteiger partial charge >= 0.3 is 0 Å². The number of fused-ring (bicyclic) bond motifs is 1. The van der Waals surface area contributed by atoms with Crippen LogP contribution in [0.4, 0.5) is 0 Å². The fraction of sp³-hybridized carbons (Fsp3) is 0.364. The van der Waals surface area contributed by atoms with Gasteiger partial charge in [-0.15, -0.1) is 0 Å². The molecule has 2 aromatic carbocycles. The van der Waals surface area contributed by atoms with Gasteiger partial charge in [-0.2, -0.15) is 0 Å². The van der Waals surface area contributed by atoms with Crippen molar-refractivity contribution in [2.75, 3.05) is 20.6 Å². The number of nitrogens with zero attached hydrogens (tertiary/aromatic N) is 1. The number of hydrogen-bond acceptors (Lipinski definition) is 1. The summed E-state index contributed by atoms with van der Waals surface area (Å²) < 4.78 is 0. The molecule has 3 rings (SSSR count). The minimum absolute atomic E-state index is 0.678. The molecule has 1 aliphatic rings. The molecule has 1 atom stereocenters. The first-order valence-corrected chi connectivity index (χ1v) is 8.61. The lowest BCUT2D eigenvalue weighted by Crippen LogP contribution is -2.20. The third kappa shape index (κ3) is 3.92. The molecule has 0 fully saturated rings. The van der Waals surface area contributed by atoms with Gasteiger partial charge in [0.1, 0.15) is 0 Å². The zero-order valence-electron chi connectivity index (χ0n) is 14.5. The molecule has 0 aliphatic heterocycles. The Morgan fingerprint density at radius 3 is 2.39 bits per heavy atom. The summed E-state index contributed by atoms with van der Waals surface area (Å²) in [6, 6.07) is 19.8. The van der Waals surface area contributed by atoms with Gasteiger partial charge in [0.2, 0.25) is 0 Å². The summed E-state index contributed by atoms with van der Waals surface area (Å²) in [5.74, 6) is 0.678. The van der Waals surface area contributed by atoms with Gasteiger partial charge in [-0.3, -0.25) is 0 Å². The van der Waals surface area contributed by atoms with Crippen molar-refractivity contribution in [3.05, 3.63) is 76.9 Å². The maximum absolute atomic E-state index is 2.37. The molecule has 0 spiro atoms. The lowest BCUT2D eigenvalue weighted by molar-refractivity contribution is 0.342. The summed E-state index contributed by atoms with van der Waals surface area (Å²) in [5.41, 5.74) is 7.63. The summed E-state index contributed by atoms with van der Waals surface area (Å²) >= 11 is 0. The molecule has 0 saturated heterocycles. The van der Waals surface area contributed by atoms with Crippen molar-refractivity contribution in [1.29, 1.82) is 0 Å². The standard InChI is InChI=1S/C22H27N/c1-17(16-23(2)3)13-22-20(14-18-9-5-4-6-10-18)15-19-11-7-8-12-21(19)22/h4-12,17H,13-16H2,1-3H3. The highest BCUT2D eigenvalue weighted by Gasteiger charge is 2.22. The van der Waals surface area contributed by atoms with Crippen molar-refractivity contribution in [1.82, 2.24) is 4.90 Å².